The second-order valence-electron chi connectivity index (χ2n) is 2.60. The molecular formula is C9H5BrFNO2. The SMILES string of the molecule is N#Cc1c(F)cc(Br)cc1CC(=O)O. The van der Waals surface area contributed by atoms with Gasteiger partial charge in [-0.1, -0.05) is 15.9 Å². The van der Waals surface area contributed by atoms with E-state index < -0.39 is 11.8 Å². The molecule has 0 amide bonds. The number of carbonyl (C=O) groups is 1. The van der Waals surface area contributed by atoms with Gasteiger partial charge in [-0.05, 0) is 17.7 Å². The van der Waals surface area contributed by atoms with Gasteiger partial charge in [0.15, 0.2) is 0 Å². The molecule has 1 aromatic carbocycles. The zero-order valence-electron chi connectivity index (χ0n) is 6.92. The minimum Gasteiger partial charge on any atom is -0.481 e. The summed E-state index contributed by atoms with van der Waals surface area (Å²) in [4.78, 5) is 10.4. The third-order valence-electron chi connectivity index (χ3n) is 1.59. The number of nitrogens with zero attached hydrogens (tertiary/aromatic N) is 1. The summed E-state index contributed by atoms with van der Waals surface area (Å²) in [6.45, 7) is 0. The van der Waals surface area contributed by atoms with Gasteiger partial charge in [0.2, 0.25) is 0 Å². The Morgan fingerprint density at radius 1 is 1.64 bits per heavy atom. The number of aliphatic carboxylic acids is 1. The Hall–Kier alpha value is -1.41. The minimum atomic E-state index is -1.10. The molecule has 0 heterocycles. The van der Waals surface area contributed by atoms with Gasteiger partial charge in [-0.3, -0.25) is 4.79 Å². The second kappa shape index (κ2) is 4.20. The van der Waals surface area contributed by atoms with Crippen LogP contribution in [-0.4, -0.2) is 11.1 Å². The maximum Gasteiger partial charge on any atom is 0.307 e. The fraction of sp³-hybridized carbons (Fsp3) is 0.111. The highest BCUT2D eigenvalue weighted by molar-refractivity contribution is 9.10. The number of benzene rings is 1. The summed E-state index contributed by atoms with van der Waals surface area (Å²) >= 11 is 3.02. The minimum absolute atomic E-state index is 0.173. The molecule has 0 saturated heterocycles. The monoisotopic (exact) mass is 257 g/mol. The summed E-state index contributed by atoms with van der Waals surface area (Å²) in [6, 6.07) is 4.19. The maximum absolute atomic E-state index is 13.1. The molecule has 0 aliphatic heterocycles. The van der Waals surface area contributed by atoms with Gasteiger partial charge < -0.3 is 5.11 Å². The Morgan fingerprint density at radius 3 is 2.79 bits per heavy atom. The van der Waals surface area contributed by atoms with E-state index in [1.165, 1.54) is 6.07 Å². The van der Waals surface area contributed by atoms with Gasteiger partial charge in [0.05, 0.1) is 12.0 Å². The summed E-state index contributed by atoms with van der Waals surface area (Å²) < 4.78 is 13.5. The van der Waals surface area contributed by atoms with Gasteiger partial charge in [0.25, 0.3) is 0 Å². The van der Waals surface area contributed by atoms with E-state index in [1.54, 1.807) is 6.07 Å². The molecule has 72 valence electrons. The van der Waals surface area contributed by atoms with E-state index in [4.69, 9.17) is 10.4 Å². The van der Waals surface area contributed by atoms with Gasteiger partial charge in [0.1, 0.15) is 11.9 Å². The molecular weight excluding hydrogens is 253 g/mol. The molecule has 0 unspecified atom stereocenters. The van der Waals surface area contributed by atoms with Crippen molar-refractivity contribution in [3.8, 4) is 6.07 Å². The van der Waals surface area contributed by atoms with Crippen LogP contribution in [0.4, 0.5) is 4.39 Å². The van der Waals surface area contributed by atoms with Crippen molar-refractivity contribution in [3.63, 3.8) is 0 Å². The van der Waals surface area contributed by atoms with Gasteiger partial charge in [-0.25, -0.2) is 4.39 Å². The fourth-order valence-corrected chi connectivity index (χ4v) is 1.53. The first-order valence-electron chi connectivity index (χ1n) is 3.64. The average Bonchev–Trinajstić information content (AvgIpc) is 2.01. The van der Waals surface area contributed by atoms with Crippen LogP contribution in [0.25, 0.3) is 0 Å². The van der Waals surface area contributed by atoms with Crippen molar-refractivity contribution in [1.82, 2.24) is 0 Å². The number of carboxylic acid groups (broad SMARTS) is 1. The van der Waals surface area contributed by atoms with E-state index >= 15 is 0 Å². The van der Waals surface area contributed by atoms with E-state index in [0.717, 1.165) is 6.07 Å². The van der Waals surface area contributed by atoms with Crippen molar-refractivity contribution < 1.29 is 14.3 Å². The van der Waals surface area contributed by atoms with E-state index in [9.17, 15) is 9.18 Å². The predicted molar refractivity (Wildman–Crippen MR) is 50.2 cm³/mol. The van der Waals surface area contributed by atoms with Gasteiger partial charge in [-0.15, -0.1) is 0 Å². The first kappa shape index (κ1) is 10.7. The lowest BCUT2D eigenvalue weighted by Crippen LogP contribution is -2.03. The largest absolute Gasteiger partial charge is 0.481 e. The molecule has 0 radical (unpaired) electrons. The highest BCUT2D eigenvalue weighted by atomic mass is 79.9. The third-order valence-corrected chi connectivity index (χ3v) is 2.05. The summed E-state index contributed by atoms with van der Waals surface area (Å²) in [5.74, 6) is -1.81. The number of hydrogen-bond donors (Lipinski definition) is 1. The number of halogens is 2. The van der Waals surface area contributed by atoms with Crippen molar-refractivity contribution in [1.29, 1.82) is 5.26 Å². The summed E-state index contributed by atoms with van der Waals surface area (Å²) in [6.07, 6.45) is -0.362. The molecule has 1 N–H and O–H groups in total. The van der Waals surface area contributed by atoms with Gasteiger partial charge in [-0.2, -0.15) is 5.26 Å². The van der Waals surface area contributed by atoms with Crippen LogP contribution in [0.15, 0.2) is 16.6 Å². The van der Waals surface area contributed by atoms with Crippen molar-refractivity contribution in [2.75, 3.05) is 0 Å². The lowest BCUT2D eigenvalue weighted by Gasteiger charge is -2.02. The number of hydrogen-bond acceptors (Lipinski definition) is 2. The van der Waals surface area contributed by atoms with Crippen LogP contribution < -0.4 is 0 Å². The van der Waals surface area contributed by atoms with E-state index in [1.807, 2.05) is 0 Å². The lowest BCUT2D eigenvalue weighted by atomic mass is 10.1. The van der Waals surface area contributed by atoms with E-state index in [-0.39, 0.29) is 17.5 Å². The van der Waals surface area contributed by atoms with Crippen LogP contribution in [0.1, 0.15) is 11.1 Å². The van der Waals surface area contributed by atoms with Crippen LogP contribution in [0, 0.1) is 17.1 Å². The zero-order valence-corrected chi connectivity index (χ0v) is 8.51. The summed E-state index contributed by atoms with van der Waals surface area (Å²) in [7, 11) is 0. The molecule has 0 aliphatic rings. The number of nitriles is 1. The molecule has 0 bridgehead atoms. The van der Waals surface area contributed by atoms with Crippen LogP contribution in [0.2, 0.25) is 0 Å². The standard InChI is InChI=1S/C9H5BrFNO2/c10-6-1-5(2-9(13)14)7(4-12)8(11)3-6/h1,3H,2H2,(H,13,14). The first-order valence-corrected chi connectivity index (χ1v) is 4.43. The molecule has 0 aromatic heterocycles. The van der Waals surface area contributed by atoms with Gasteiger partial charge in [0, 0.05) is 4.47 Å². The zero-order chi connectivity index (χ0) is 10.7. The summed E-state index contributed by atoms with van der Waals surface area (Å²) in [5, 5.41) is 17.1. The van der Waals surface area contributed by atoms with Crippen LogP contribution in [-0.2, 0) is 11.2 Å². The molecule has 0 fully saturated rings. The quantitative estimate of drug-likeness (QED) is 0.883. The molecule has 1 aromatic rings. The molecule has 5 heteroatoms. The predicted octanol–water partition coefficient (Wildman–Crippen LogP) is 2.09. The molecule has 0 saturated carbocycles. The van der Waals surface area contributed by atoms with Crippen molar-refractivity contribution in [2.45, 2.75) is 6.42 Å². The average molecular weight is 258 g/mol. The van der Waals surface area contributed by atoms with Crippen molar-refractivity contribution in [3.05, 3.63) is 33.5 Å². The Balaban J connectivity index is 3.26. The first-order chi connectivity index (χ1) is 6.54. The normalized spacial score (nSPS) is 9.50. The smallest absolute Gasteiger partial charge is 0.307 e. The number of carboxylic acids is 1. The molecule has 0 atom stereocenters. The Morgan fingerprint density at radius 2 is 2.29 bits per heavy atom. The summed E-state index contributed by atoms with van der Waals surface area (Å²) in [5.41, 5.74) is -0.0394. The van der Waals surface area contributed by atoms with E-state index in [2.05, 4.69) is 15.9 Å². The molecule has 1 rings (SSSR count). The highest BCUT2D eigenvalue weighted by Crippen LogP contribution is 2.20. The van der Waals surface area contributed by atoms with E-state index in [0.29, 0.717) is 4.47 Å². The van der Waals surface area contributed by atoms with Crippen molar-refractivity contribution in [2.24, 2.45) is 0 Å². The molecule has 14 heavy (non-hydrogen) atoms. The molecule has 0 spiro atoms. The Kier molecular flexibility index (Phi) is 3.20. The highest BCUT2D eigenvalue weighted by Gasteiger charge is 2.12. The second-order valence-corrected chi connectivity index (χ2v) is 3.52. The topological polar surface area (TPSA) is 61.1 Å². The van der Waals surface area contributed by atoms with Crippen LogP contribution >= 0.6 is 15.9 Å². The lowest BCUT2D eigenvalue weighted by molar-refractivity contribution is -0.136. The van der Waals surface area contributed by atoms with Crippen molar-refractivity contribution >= 4 is 21.9 Å². The van der Waals surface area contributed by atoms with Crippen LogP contribution in [0.5, 0.6) is 0 Å². The van der Waals surface area contributed by atoms with Gasteiger partial charge >= 0.3 is 5.97 Å². The van der Waals surface area contributed by atoms with Crippen LogP contribution in [0.3, 0.4) is 0 Å². The maximum atomic E-state index is 13.1. The number of rotatable bonds is 2. The third kappa shape index (κ3) is 2.30. The Bertz CT molecular complexity index is 426. The molecule has 0 aliphatic carbocycles. The molecule has 3 nitrogen and oxygen atoms in total. The Labute approximate surface area is 87.9 Å². The fourth-order valence-electron chi connectivity index (χ4n) is 1.05.